The molecule has 0 spiro atoms. The van der Waals surface area contributed by atoms with Crippen LogP contribution in [-0.4, -0.2) is 83.1 Å². The fourth-order valence-corrected chi connectivity index (χ4v) is 5.93. The van der Waals surface area contributed by atoms with Crippen molar-refractivity contribution in [3.63, 3.8) is 0 Å². The molecule has 0 saturated carbocycles. The summed E-state index contributed by atoms with van der Waals surface area (Å²) < 4.78 is 5.48. The Bertz CT molecular complexity index is 922. The highest BCUT2D eigenvalue weighted by molar-refractivity contribution is 7.10. The largest absolute Gasteiger partial charge is 0.444 e. The van der Waals surface area contributed by atoms with E-state index in [4.69, 9.17) is 9.72 Å². The van der Waals surface area contributed by atoms with Gasteiger partial charge in [-0.1, -0.05) is 6.07 Å². The van der Waals surface area contributed by atoms with Gasteiger partial charge in [0, 0.05) is 62.0 Å². The fourth-order valence-electron chi connectivity index (χ4n) is 4.27. The second-order valence-corrected chi connectivity index (χ2v) is 11.7. The molecule has 0 aromatic carbocycles. The fraction of sp³-hybridized carbons (Fsp3) is 0.625. The summed E-state index contributed by atoms with van der Waals surface area (Å²) in [7, 11) is 0. The first-order valence-electron chi connectivity index (χ1n) is 11.8. The standard InChI is InChI=1S/C24H34N4O3S2/c1-24(2,3)31-23(30)28-10-6-18(7-11-28)21-25-20(17-33-21)22(29)27-14-12-26(13-15-27)9-8-19-5-4-16-32-19/h4-5,16-18H,6-15H2,1-3H3. The molecule has 0 N–H and O–H groups in total. The van der Waals surface area contributed by atoms with Gasteiger partial charge < -0.3 is 14.5 Å². The molecule has 180 valence electrons. The molecule has 2 saturated heterocycles. The van der Waals surface area contributed by atoms with Gasteiger partial charge in [-0.15, -0.1) is 22.7 Å². The lowest BCUT2D eigenvalue weighted by Gasteiger charge is -2.34. The Morgan fingerprint density at radius 3 is 2.42 bits per heavy atom. The summed E-state index contributed by atoms with van der Waals surface area (Å²) in [4.78, 5) is 37.6. The van der Waals surface area contributed by atoms with E-state index < -0.39 is 5.60 Å². The normalized spacial score (nSPS) is 18.5. The van der Waals surface area contributed by atoms with Crippen molar-refractivity contribution in [2.75, 3.05) is 45.8 Å². The Hall–Kier alpha value is -1.97. The van der Waals surface area contributed by atoms with Crippen LogP contribution in [0.1, 0.15) is 59.9 Å². The number of likely N-dealkylation sites (tertiary alicyclic amines) is 1. The summed E-state index contributed by atoms with van der Waals surface area (Å²) in [6, 6.07) is 4.29. The molecule has 9 heteroatoms. The third-order valence-electron chi connectivity index (χ3n) is 6.15. The van der Waals surface area contributed by atoms with Gasteiger partial charge in [0.2, 0.25) is 0 Å². The maximum absolute atomic E-state index is 13.0. The topological polar surface area (TPSA) is 66.0 Å². The number of piperidine rings is 1. The first-order valence-corrected chi connectivity index (χ1v) is 13.5. The minimum absolute atomic E-state index is 0.0431. The number of aromatic nitrogens is 1. The Morgan fingerprint density at radius 1 is 1.06 bits per heavy atom. The average molecular weight is 491 g/mol. The van der Waals surface area contributed by atoms with Crippen molar-refractivity contribution in [1.82, 2.24) is 19.7 Å². The Kier molecular flexibility index (Phi) is 7.71. The second kappa shape index (κ2) is 10.5. The zero-order valence-electron chi connectivity index (χ0n) is 19.8. The predicted molar refractivity (Wildman–Crippen MR) is 132 cm³/mol. The third kappa shape index (κ3) is 6.55. The Morgan fingerprint density at radius 2 is 1.79 bits per heavy atom. The highest BCUT2D eigenvalue weighted by atomic mass is 32.1. The first-order chi connectivity index (χ1) is 15.8. The van der Waals surface area contributed by atoms with Gasteiger partial charge in [-0.3, -0.25) is 9.69 Å². The number of ether oxygens (including phenoxy) is 1. The highest BCUT2D eigenvalue weighted by Gasteiger charge is 2.30. The average Bonchev–Trinajstić information content (AvgIpc) is 3.49. The van der Waals surface area contributed by atoms with E-state index in [0.29, 0.717) is 24.7 Å². The van der Waals surface area contributed by atoms with Crippen LogP contribution in [0.25, 0.3) is 0 Å². The minimum Gasteiger partial charge on any atom is -0.444 e. The van der Waals surface area contributed by atoms with Crippen LogP contribution in [0.5, 0.6) is 0 Å². The van der Waals surface area contributed by atoms with Crippen molar-refractivity contribution in [2.45, 2.75) is 51.6 Å². The van der Waals surface area contributed by atoms with Gasteiger partial charge >= 0.3 is 6.09 Å². The smallest absolute Gasteiger partial charge is 0.410 e. The Labute approximate surface area is 204 Å². The number of hydrogen-bond acceptors (Lipinski definition) is 7. The van der Waals surface area contributed by atoms with Crippen molar-refractivity contribution in [2.24, 2.45) is 0 Å². The molecule has 2 fully saturated rings. The van der Waals surface area contributed by atoms with Gasteiger partial charge in [0.05, 0.1) is 5.01 Å². The van der Waals surface area contributed by atoms with E-state index in [-0.39, 0.29) is 12.0 Å². The predicted octanol–water partition coefficient (Wildman–Crippen LogP) is 4.32. The summed E-state index contributed by atoms with van der Waals surface area (Å²) in [6.45, 7) is 11.4. The van der Waals surface area contributed by atoms with E-state index >= 15 is 0 Å². The molecule has 0 atom stereocenters. The van der Waals surface area contributed by atoms with E-state index in [1.807, 2.05) is 42.4 Å². The third-order valence-corrected chi connectivity index (χ3v) is 8.09. The maximum atomic E-state index is 13.0. The lowest BCUT2D eigenvalue weighted by Crippen LogP contribution is -2.49. The van der Waals surface area contributed by atoms with E-state index in [1.165, 1.54) is 4.88 Å². The quantitative estimate of drug-likeness (QED) is 0.625. The van der Waals surface area contributed by atoms with Gasteiger partial charge in [-0.2, -0.15) is 0 Å². The van der Waals surface area contributed by atoms with Crippen molar-refractivity contribution in [3.05, 3.63) is 38.5 Å². The number of thiazole rings is 1. The summed E-state index contributed by atoms with van der Waals surface area (Å²) in [6.07, 6.45) is 2.53. The minimum atomic E-state index is -0.478. The van der Waals surface area contributed by atoms with Crippen LogP contribution in [0.3, 0.4) is 0 Å². The van der Waals surface area contributed by atoms with Crippen molar-refractivity contribution < 1.29 is 14.3 Å². The molecule has 2 aromatic rings. The second-order valence-electron chi connectivity index (χ2n) is 9.78. The van der Waals surface area contributed by atoms with E-state index in [0.717, 1.165) is 57.0 Å². The van der Waals surface area contributed by atoms with E-state index in [2.05, 4.69) is 22.4 Å². The Balaban J connectivity index is 1.23. The molecule has 7 nitrogen and oxygen atoms in total. The van der Waals surface area contributed by atoms with Crippen LogP contribution in [0.2, 0.25) is 0 Å². The molecule has 0 aliphatic carbocycles. The maximum Gasteiger partial charge on any atom is 0.410 e. The van der Waals surface area contributed by atoms with Gasteiger partial charge in [-0.05, 0) is 51.5 Å². The molecule has 0 unspecified atom stereocenters. The molecule has 2 aliphatic rings. The highest BCUT2D eigenvalue weighted by Crippen LogP contribution is 2.31. The lowest BCUT2D eigenvalue weighted by molar-refractivity contribution is 0.0204. The molecule has 2 aliphatic heterocycles. The van der Waals surface area contributed by atoms with Crippen molar-refractivity contribution in [1.29, 1.82) is 0 Å². The summed E-state index contributed by atoms with van der Waals surface area (Å²) in [5, 5.41) is 5.04. The van der Waals surface area contributed by atoms with Gasteiger partial charge in [-0.25, -0.2) is 9.78 Å². The number of piperazine rings is 1. The van der Waals surface area contributed by atoms with Crippen LogP contribution in [0.15, 0.2) is 22.9 Å². The first kappa shape index (κ1) is 24.2. The molecule has 0 radical (unpaired) electrons. The SMILES string of the molecule is CC(C)(C)OC(=O)N1CCC(c2nc(C(=O)N3CCN(CCc4cccs4)CC3)cs2)CC1. The van der Waals surface area contributed by atoms with E-state index in [1.54, 1.807) is 16.2 Å². The summed E-state index contributed by atoms with van der Waals surface area (Å²) >= 11 is 3.38. The van der Waals surface area contributed by atoms with Gasteiger partial charge in [0.15, 0.2) is 0 Å². The number of nitrogens with zero attached hydrogens (tertiary/aromatic N) is 4. The number of amides is 2. The van der Waals surface area contributed by atoms with Crippen LogP contribution in [0.4, 0.5) is 4.79 Å². The van der Waals surface area contributed by atoms with Crippen molar-refractivity contribution >= 4 is 34.7 Å². The molecule has 4 heterocycles. The monoisotopic (exact) mass is 490 g/mol. The number of carbonyl (C=O) groups excluding carboxylic acids is 2. The van der Waals surface area contributed by atoms with Crippen molar-refractivity contribution in [3.8, 4) is 0 Å². The number of hydrogen-bond donors (Lipinski definition) is 0. The van der Waals surface area contributed by atoms with Gasteiger partial charge in [0.1, 0.15) is 11.3 Å². The molecule has 33 heavy (non-hydrogen) atoms. The van der Waals surface area contributed by atoms with E-state index in [9.17, 15) is 9.59 Å². The molecule has 2 amide bonds. The molecular weight excluding hydrogens is 456 g/mol. The molecular formula is C24H34N4O3S2. The van der Waals surface area contributed by atoms with Crippen LogP contribution in [-0.2, 0) is 11.2 Å². The zero-order valence-corrected chi connectivity index (χ0v) is 21.4. The van der Waals surface area contributed by atoms with Crippen LogP contribution in [0, 0.1) is 0 Å². The number of thiophene rings is 1. The van der Waals surface area contributed by atoms with Gasteiger partial charge in [0.25, 0.3) is 5.91 Å². The number of rotatable bonds is 5. The zero-order chi connectivity index (χ0) is 23.4. The number of carbonyl (C=O) groups is 2. The van der Waals surface area contributed by atoms with Crippen LogP contribution < -0.4 is 0 Å². The molecule has 0 bridgehead atoms. The summed E-state index contributed by atoms with van der Waals surface area (Å²) in [5.41, 5.74) is 0.0882. The summed E-state index contributed by atoms with van der Waals surface area (Å²) in [5.74, 6) is 0.339. The lowest BCUT2D eigenvalue weighted by atomic mass is 9.98. The molecule has 2 aromatic heterocycles. The van der Waals surface area contributed by atoms with Crippen LogP contribution >= 0.6 is 22.7 Å². The molecule has 4 rings (SSSR count).